The van der Waals surface area contributed by atoms with E-state index < -0.39 is 0 Å². The molecule has 0 aliphatic rings. The van der Waals surface area contributed by atoms with Crippen LogP contribution in [-0.4, -0.2) is 5.75 Å². The highest BCUT2D eigenvalue weighted by Crippen LogP contribution is 2.11. The van der Waals surface area contributed by atoms with Gasteiger partial charge in [0.2, 0.25) is 0 Å². The van der Waals surface area contributed by atoms with Gasteiger partial charge >= 0.3 is 0 Å². The Hall–Kier alpha value is -0.0900. The summed E-state index contributed by atoms with van der Waals surface area (Å²) in [5, 5.41) is 2.62. The van der Waals surface area contributed by atoms with Gasteiger partial charge in [-0.15, -0.1) is 6.42 Å². The van der Waals surface area contributed by atoms with Crippen LogP contribution in [0.15, 0.2) is 0 Å². The Labute approximate surface area is 101 Å². The molecular weight excluding hydrogens is 200 g/mol. The van der Waals surface area contributed by atoms with Crippen molar-refractivity contribution in [3.63, 3.8) is 0 Å². The molecule has 0 rings (SSSR count). The molecule has 0 nitrogen and oxygen atoms in total. The Kier molecular flexibility index (Phi) is 13.8. The lowest BCUT2D eigenvalue weighted by Gasteiger charge is -2.01. The van der Waals surface area contributed by atoms with Gasteiger partial charge in [0.15, 0.2) is 0 Å². The SMILES string of the molecule is C#CSCCCCCCCCCCCC. The molecule has 0 fully saturated rings. The molecule has 0 aromatic heterocycles. The van der Waals surface area contributed by atoms with Gasteiger partial charge in [-0.05, 0) is 11.7 Å². The maximum absolute atomic E-state index is 5.16. The van der Waals surface area contributed by atoms with Gasteiger partial charge in [-0.25, -0.2) is 0 Å². The lowest BCUT2D eigenvalue weighted by molar-refractivity contribution is 0.563. The maximum Gasteiger partial charge on any atom is 0.00566 e. The number of thioether (sulfide) groups is 1. The molecule has 88 valence electrons. The summed E-state index contributed by atoms with van der Waals surface area (Å²) in [7, 11) is 0. The van der Waals surface area contributed by atoms with E-state index in [9.17, 15) is 0 Å². The molecule has 0 heterocycles. The summed E-state index contributed by atoms with van der Waals surface area (Å²) < 4.78 is 0. The summed E-state index contributed by atoms with van der Waals surface area (Å²) in [6.45, 7) is 2.27. The van der Waals surface area contributed by atoms with Crippen LogP contribution in [0.1, 0.15) is 71.1 Å². The first-order valence-electron chi connectivity index (χ1n) is 6.49. The van der Waals surface area contributed by atoms with Crippen molar-refractivity contribution < 1.29 is 0 Å². The Morgan fingerprint density at radius 1 is 0.800 bits per heavy atom. The van der Waals surface area contributed by atoms with Crippen molar-refractivity contribution in [3.8, 4) is 11.7 Å². The number of hydrogen-bond donors (Lipinski definition) is 0. The van der Waals surface area contributed by atoms with Crippen molar-refractivity contribution in [2.75, 3.05) is 5.75 Å². The minimum Gasteiger partial charge on any atom is -0.108 e. The van der Waals surface area contributed by atoms with Gasteiger partial charge in [0.1, 0.15) is 0 Å². The number of hydrogen-bond acceptors (Lipinski definition) is 1. The zero-order chi connectivity index (χ0) is 11.2. The Bertz CT molecular complexity index is 146. The van der Waals surface area contributed by atoms with E-state index in [1.807, 2.05) is 0 Å². The molecule has 0 amide bonds. The molecule has 0 N–H and O–H groups in total. The van der Waals surface area contributed by atoms with E-state index in [0.717, 1.165) is 5.75 Å². The van der Waals surface area contributed by atoms with Gasteiger partial charge in [-0.2, -0.15) is 0 Å². The van der Waals surface area contributed by atoms with Crippen LogP contribution >= 0.6 is 11.8 Å². The van der Waals surface area contributed by atoms with Crippen LogP contribution in [0, 0.1) is 11.7 Å². The van der Waals surface area contributed by atoms with E-state index in [0.29, 0.717) is 0 Å². The van der Waals surface area contributed by atoms with Crippen molar-refractivity contribution in [1.29, 1.82) is 0 Å². The monoisotopic (exact) mass is 226 g/mol. The van der Waals surface area contributed by atoms with Crippen molar-refractivity contribution in [3.05, 3.63) is 0 Å². The van der Waals surface area contributed by atoms with E-state index in [1.54, 1.807) is 11.8 Å². The fraction of sp³-hybridized carbons (Fsp3) is 0.857. The van der Waals surface area contributed by atoms with Gasteiger partial charge in [-0.3, -0.25) is 0 Å². The van der Waals surface area contributed by atoms with Crippen molar-refractivity contribution in [2.24, 2.45) is 0 Å². The summed E-state index contributed by atoms with van der Waals surface area (Å²) in [5.74, 6) is 1.15. The third kappa shape index (κ3) is 13.9. The molecule has 0 atom stereocenters. The van der Waals surface area contributed by atoms with Crippen molar-refractivity contribution in [1.82, 2.24) is 0 Å². The van der Waals surface area contributed by atoms with Gasteiger partial charge in [-0.1, -0.05) is 76.5 Å². The lowest BCUT2D eigenvalue weighted by atomic mass is 10.1. The first kappa shape index (κ1) is 14.9. The average molecular weight is 226 g/mol. The van der Waals surface area contributed by atoms with Crippen LogP contribution in [0.25, 0.3) is 0 Å². The number of terminal acetylenes is 1. The van der Waals surface area contributed by atoms with Gasteiger partial charge in [0.05, 0.1) is 0 Å². The van der Waals surface area contributed by atoms with Crippen LogP contribution in [0.4, 0.5) is 0 Å². The molecule has 0 aliphatic carbocycles. The normalized spacial score (nSPS) is 10.1. The minimum atomic E-state index is 1.15. The van der Waals surface area contributed by atoms with Crippen LogP contribution in [0.2, 0.25) is 0 Å². The van der Waals surface area contributed by atoms with Gasteiger partial charge < -0.3 is 0 Å². The molecule has 0 aromatic rings. The third-order valence-corrected chi connectivity index (χ3v) is 3.34. The number of rotatable bonds is 11. The second kappa shape index (κ2) is 13.9. The molecule has 0 radical (unpaired) electrons. The Balaban J connectivity index is 2.84. The summed E-state index contributed by atoms with van der Waals surface area (Å²) in [6, 6.07) is 0. The molecule has 0 saturated carbocycles. The minimum absolute atomic E-state index is 1.15. The molecule has 0 aromatic carbocycles. The molecule has 0 spiro atoms. The van der Waals surface area contributed by atoms with Crippen molar-refractivity contribution >= 4 is 11.8 Å². The van der Waals surface area contributed by atoms with Crippen LogP contribution < -0.4 is 0 Å². The maximum atomic E-state index is 5.16. The van der Waals surface area contributed by atoms with Crippen LogP contribution in [0.3, 0.4) is 0 Å². The lowest BCUT2D eigenvalue weighted by Crippen LogP contribution is -1.82. The second-order valence-corrected chi connectivity index (χ2v) is 5.08. The van der Waals surface area contributed by atoms with Crippen LogP contribution in [-0.2, 0) is 0 Å². The molecule has 0 saturated heterocycles. The Morgan fingerprint density at radius 2 is 1.27 bits per heavy atom. The summed E-state index contributed by atoms with van der Waals surface area (Å²) in [4.78, 5) is 0. The topological polar surface area (TPSA) is 0 Å². The van der Waals surface area contributed by atoms with Crippen molar-refractivity contribution in [2.45, 2.75) is 71.1 Å². The molecular formula is C14H26S. The highest BCUT2D eigenvalue weighted by Gasteiger charge is 1.92. The summed E-state index contributed by atoms with van der Waals surface area (Å²) in [6.07, 6.45) is 19.2. The first-order chi connectivity index (χ1) is 7.41. The summed E-state index contributed by atoms with van der Waals surface area (Å²) in [5.41, 5.74) is 0. The third-order valence-electron chi connectivity index (χ3n) is 2.68. The highest BCUT2D eigenvalue weighted by atomic mass is 32.2. The zero-order valence-corrected chi connectivity index (χ0v) is 11.1. The second-order valence-electron chi connectivity index (χ2n) is 4.15. The molecule has 0 unspecified atom stereocenters. The fourth-order valence-corrected chi connectivity index (χ4v) is 2.19. The summed E-state index contributed by atoms with van der Waals surface area (Å²) >= 11 is 1.61. The quantitative estimate of drug-likeness (QED) is 0.343. The zero-order valence-electron chi connectivity index (χ0n) is 10.3. The van der Waals surface area contributed by atoms with E-state index in [2.05, 4.69) is 12.2 Å². The van der Waals surface area contributed by atoms with E-state index in [-0.39, 0.29) is 0 Å². The Morgan fingerprint density at radius 3 is 1.73 bits per heavy atom. The predicted octanol–water partition coefficient (Wildman–Crippen LogP) is 5.23. The predicted molar refractivity (Wildman–Crippen MR) is 73.1 cm³/mol. The molecule has 0 bridgehead atoms. The molecule has 0 aliphatic heterocycles. The standard InChI is InChI=1S/C14H26S/c1-3-5-6-7-8-9-10-11-12-13-14-15-4-2/h2H,3,5-14H2,1H3. The smallest absolute Gasteiger partial charge is 0.00566 e. The van der Waals surface area contributed by atoms with E-state index in [4.69, 9.17) is 6.42 Å². The van der Waals surface area contributed by atoms with E-state index in [1.165, 1.54) is 64.2 Å². The number of unbranched alkanes of at least 4 members (excludes halogenated alkanes) is 9. The molecule has 15 heavy (non-hydrogen) atoms. The van der Waals surface area contributed by atoms with Gasteiger partial charge in [0, 0.05) is 5.75 Å². The largest absolute Gasteiger partial charge is 0.108 e. The highest BCUT2D eigenvalue weighted by molar-refractivity contribution is 8.03. The first-order valence-corrected chi connectivity index (χ1v) is 7.47. The molecule has 1 heteroatoms. The fourth-order valence-electron chi connectivity index (χ4n) is 1.72. The van der Waals surface area contributed by atoms with Crippen LogP contribution in [0.5, 0.6) is 0 Å². The average Bonchev–Trinajstić information content (AvgIpc) is 2.26. The van der Waals surface area contributed by atoms with Gasteiger partial charge in [0.25, 0.3) is 0 Å². The van der Waals surface area contributed by atoms with E-state index >= 15 is 0 Å².